The number of ketones is 1. The second-order valence-corrected chi connectivity index (χ2v) is 3.89. The minimum atomic E-state index is -0.357. The Bertz CT molecular complexity index is 644. The molecule has 0 aliphatic heterocycles. The maximum absolute atomic E-state index is 11.9. The van der Waals surface area contributed by atoms with E-state index in [1.54, 1.807) is 25.3 Å². The summed E-state index contributed by atoms with van der Waals surface area (Å²) in [4.78, 5) is 14.7. The van der Waals surface area contributed by atoms with Crippen molar-refractivity contribution in [2.45, 2.75) is 0 Å². The molecule has 2 rings (SSSR count). The van der Waals surface area contributed by atoms with E-state index in [1.807, 2.05) is 30.3 Å². The first-order valence-electron chi connectivity index (χ1n) is 5.71. The van der Waals surface area contributed by atoms with Crippen molar-refractivity contribution in [2.24, 2.45) is 0 Å². The third-order valence-electron chi connectivity index (χ3n) is 2.75. The van der Waals surface area contributed by atoms with E-state index >= 15 is 0 Å². The molecule has 0 amide bonds. The van der Waals surface area contributed by atoms with Crippen molar-refractivity contribution in [3.63, 3.8) is 0 Å². The van der Waals surface area contributed by atoms with Crippen molar-refractivity contribution >= 4 is 12.0 Å². The van der Waals surface area contributed by atoms with Gasteiger partial charge in [0.2, 0.25) is 0 Å². The van der Waals surface area contributed by atoms with Gasteiger partial charge in [-0.2, -0.15) is 4.79 Å². The van der Waals surface area contributed by atoms with Crippen molar-refractivity contribution in [2.75, 3.05) is 7.11 Å². The predicted molar refractivity (Wildman–Crippen MR) is 72.4 cm³/mol. The Kier molecular flexibility index (Phi) is 3.86. The molecule has 0 heterocycles. The molecule has 0 saturated heterocycles. The number of carbonyl (C=O) groups excluding carboxylic acids is 1. The number of hydrogen-bond donors (Lipinski definition) is 0. The average molecular weight is 252 g/mol. The summed E-state index contributed by atoms with van der Waals surface area (Å²) in [6.45, 7) is 0. The SMILES string of the molecule is COc1ccc(C(=O)C=[N+]=[N-])c(-c2ccccc2)c1. The number of benzene rings is 2. The van der Waals surface area contributed by atoms with Gasteiger partial charge in [0.1, 0.15) is 5.75 Å². The van der Waals surface area contributed by atoms with Crippen LogP contribution in [0.1, 0.15) is 10.4 Å². The molecule has 4 nitrogen and oxygen atoms in total. The van der Waals surface area contributed by atoms with E-state index in [1.165, 1.54) is 0 Å². The Morgan fingerprint density at radius 1 is 1.21 bits per heavy atom. The molecule has 94 valence electrons. The number of rotatable bonds is 4. The van der Waals surface area contributed by atoms with Crippen molar-refractivity contribution in [3.8, 4) is 16.9 Å². The standard InChI is InChI=1S/C15H12N2O2/c1-19-12-7-8-13(15(18)10-17-16)14(9-12)11-5-3-2-4-6-11/h2-10H,1H3. The summed E-state index contributed by atoms with van der Waals surface area (Å²) >= 11 is 0. The molecule has 0 aromatic heterocycles. The van der Waals surface area contributed by atoms with Gasteiger partial charge in [-0.05, 0) is 29.3 Å². The lowest BCUT2D eigenvalue weighted by molar-refractivity contribution is 0.00235. The summed E-state index contributed by atoms with van der Waals surface area (Å²) in [5.74, 6) is 0.306. The number of hydrogen-bond acceptors (Lipinski definition) is 2. The van der Waals surface area contributed by atoms with Crippen LogP contribution in [0.4, 0.5) is 0 Å². The van der Waals surface area contributed by atoms with E-state index < -0.39 is 0 Å². The minimum absolute atomic E-state index is 0.357. The van der Waals surface area contributed by atoms with Gasteiger partial charge in [0.25, 0.3) is 5.78 Å². The Morgan fingerprint density at radius 2 is 1.95 bits per heavy atom. The molecule has 0 fully saturated rings. The van der Waals surface area contributed by atoms with E-state index in [-0.39, 0.29) is 5.78 Å². The molecule has 0 atom stereocenters. The van der Waals surface area contributed by atoms with Crippen molar-refractivity contribution in [3.05, 3.63) is 59.6 Å². The normalized spacial score (nSPS) is 9.53. The lowest BCUT2D eigenvalue weighted by Crippen LogP contribution is -2.03. The second kappa shape index (κ2) is 5.76. The fraction of sp³-hybridized carbons (Fsp3) is 0.0667. The number of carbonyl (C=O) groups is 1. The largest absolute Gasteiger partial charge is 0.497 e. The van der Waals surface area contributed by atoms with Crippen LogP contribution >= 0.6 is 0 Å². The van der Waals surface area contributed by atoms with Crippen LogP contribution in [0.3, 0.4) is 0 Å². The van der Waals surface area contributed by atoms with Crippen molar-refractivity contribution < 1.29 is 14.3 Å². The van der Waals surface area contributed by atoms with Gasteiger partial charge in [-0.25, -0.2) is 0 Å². The molecule has 2 aromatic rings. The molecule has 19 heavy (non-hydrogen) atoms. The first-order valence-corrected chi connectivity index (χ1v) is 5.71. The Hall–Kier alpha value is -2.71. The predicted octanol–water partition coefficient (Wildman–Crippen LogP) is 2.85. The highest BCUT2D eigenvalue weighted by Gasteiger charge is 2.14. The molecule has 0 unspecified atom stereocenters. The fourth-order valence-electron chi connectivity index (χ4n) is 1.84. The van der Waals surface area contributed by atoms with Crippen LogP contribution in [0.25, 0.3) is 16.7 Å². The van der Waals surface area contributed by atoms with Gasteiger partial charge in [-0.15, -0.1) is 0 Å². The zero-order valence-electron chi connectivity index (χ0n) is 10.4. The Labute approximate surface area is 110 Å². The molecule has 0 spiro atoms. The summed E-state index contributed by atoms with van der Waals surface area (Å²) in [5, 5.41) is 0. The summed E-state index contributed by atoms with van der Waals surface area (Å²) in [5.41, 5.74) is 10.6. The summed E-state index contributed by atoms with van der Waals surface area (Å²) in [6.07, 6.45) is 0.883. The maximum Gasteiger partial charge on any atom is 0.328 e. The highest BCUT2D eigenvalue weighted by Crippen LogP contribution is 2.28. The third-order valence-corrected chi connectivity index (χ3v) is 2.75. The van der Waals surface area contributed by atoms with E-state index in [0.29, 0.717) is 11.3 Å². The first kappa shape index (κ1) is 12.7. The lowest BCUT2D eigenvalue weighted by atomic mass is 9.97. The third kappa shape index (κ3) is 2.76. The molecule has 0 bridgehead atoms. The van der Waals surface area contributed by atoms with Crippen molar-refractivity contribution in [1.82, 2.24) is 0 Å². The number of methoxy groups -OCH3 is 1. The number of Topliss-reactive ketones (excluding diaryl/α,β-unsaturated/α-hetero) is 1. The molecule has 4 heteroatoms. The van der Waals surface area contributed by atoms with E-state index in [9.17, 15) is 4.79 Å². The van der Waals surface area contributed by atoms with Crippen LogP contribution in [0.5, 0.6) is 5.75 Å². The Balaban J connectivity index is 2.61. The number of nitrogens with zero attached hydrogens (tertiary/aromatic N) is 2. The van der Waals surface area contributed by atoms with Gasteiger partial charge in [0, 0.05) is 5.56 Å². The highest BCUT2D eigenvalue weighted by molar-refractivity contribution is 6.35. The van der Waals surface area contributed by atoms with Crippen LogP contribution in [-0.4, -0.2) is 23.9 Å². The monoisotopic (exact) mass is 252 g/mol. The molecule has 0 radical (unpaired) electrons. The molecule has 0 saturated carbocycles. The summed E-state index contributed by atoms with van der Waals surface area (Å²) in [6, 6.07) is 14.6. The van der Waals surface area contributed by atoms with E-state index in [2.05, 4.69) is 4.79 Å². The van der Waals surface area contributed by atoms with Crippen LogP contribution in [-0.2, 0) is 0 Å². The van der Waals surface area contributed by atoms with Gasteiger partial charge < -0.3 is 10.3 Å². The van der Waals surface area contributed by atoms with Crippen LogP contribution < -0.4 is 4.74 Å². The molecule has 0 aliphatic carbocycles. The van der Waals surface area contributed by atoms with Gasteiger partial charge >= 0.3 is 6.21 Å². The lowest BCUT2D eigenvalue weighted by Gasteiger charge is -2.08. The topological polar surface area (TPSA) is 62.7 Å². The smallest absolute Gasteiger partial charge is 0.328 e. The van der Waals surface area contributed by atoms with Gasteiger partial charge in [-0.1, -0.05) is 30.3 Å². The van der Waals surface area contributed by atoms with Gasteiger partial charge in [-0.3, -0.25) is 4.79 Å². The molecular weight excluding hydrogens is 240 g/mol. The zero-order chi connectivity index (χ0) is 13.7. The molecule has 0 aliphatic rings. The maximum atomic E-state index is 11.9. The van der Waals surface area contributed by atoms with Crippen LogP contribution in [0, 0.1) is 0 Å². The second-order valence-electron chi connectivity index (χ2n) is 3.89. The summed E-state index contributed by atoms with van der Waals surface area (Å²) < 4.78 is 5.18. The molecule has 2 aromatic carbocycles. The highest BCUT2D eigenvalue weighted by atomic mass is 16.5. The Morgan fingerprint density at radius 3 is 2.58 bits per heavy atom. The van der Waals surface area contributed by atoms with E-state index in [0.717, 1.165) is 17.3 Å². The minimum Gasteiger partial charge on any atom is -0.497 e. The molecular formula is C15H12N2O2. The fourth-order valence-corrected chi connectivity index (χ4v) is 1.84. The molecule has 0 N–H and O–H groups in total. The summed E-state index contributed by atoms with van der Waals surface area (Å²) in [7, 11) is 1.57. The quantitative estimate of drug-likeness (QED) is 0.363. The van der Waals surface area contributed by atoms with Gasteiger partial charge in [0.05, 0.1) is 7.11 Å². The van der Waals surface area contributed by atoms with Crippen LogP contribution in [0.2, 0.25) is 0 Å². The zero-order valence-corrected chi connectivity index (χ0v) is 10.4. The first-order chi connectivity index (χ1) is 9.26. The van der Waals surface area contributed by atoms with Gasteiger partial charge in [0.15, 0.2) is 0 Å². The average Bonchev–Trinajstić information content (AvgIpc) is 2.47. The van der Waals surface area contributed by atoms with E-state index in [4.69, 9.17) is 10.3 Å². The van der Waals surface area contributed by atoms with Crippen molar-refractivity contribution in [1.29, 1.82) is 0 Å². The number of ether oxygens (including phenoxy) is 1. The van der Waals surface area contributed by atoms with Crippen LogP contribution in [0.15, 0.2) is 48.5 Å².